The molecule has 1 aliphatic heterocycles. The first-order valence-electron chi connectivity index (χ1n) is 5.44. The van der Waals surface area contributed by atoms with Crippen LogP contribution in [0.25, 0.3) is 0 Å². The maximum atomic E-state index is 12.0. The Bertz CT molecular complexity index is 454. The van der Waals surface area contributed by atoms with Crippen LogP contribution < -0.4 is 5.32 Å². The quantitative estimate of drug-likeness (QED) is 0.850. The van der Waals surface area contributed by atoms with E-state index in [0.29, 0.717) is 18.8 Å². The van der Waals surface area contributed by atoms with Gasteiger partial charge in [-0.25, -0.2) is 4.98 Å². The van der Waals surface area contributed by atoms with Gasteiger partial charge in [-0.1, -0.05) is 0 Å². The second kappa shape index (κ2) is 4.60. The van der Waals surface area contributed by atoms with E-state index in [1.807, 2.05) is 17.3 Å². The Kier molecular flexibility index (Phi) is 3.29. The zero-order chi connectivity index (χ0) is 13.3. The minimum Gasteiger partial charge on any atom is -0.342 e. The van der Waals surface area contributed by atoms with Gasteiger partial charge in [0.2, 0.25) is 0 Å². The third kappa shape index (κ3) is 2.81. The fourth-order valence-electron chi connectivity index (χ4n) is 1.83. The number of nitrogens with zero attached hydrogens (tertiary/aromatic N) is 3. The molecule has 0 bridgehead atoms. The van der Waals surface area contributed by atoms with Crippen molar-refractivity contribution in [1.29, 1.82) is 0 Å². The molecule has 100 valence electrons. The summed E-state index contributed by atoms with van der Waals surface area (Å²) in [5.74, 6) is -0.781. The first-order valence-corrected chi connectivity index (χ1v) is 5.44. The Labute approximate surface area is 102 Å². The molecular weight excluding hydrogens is 249 g/mol. The van der Waals surface area contributed by atoms with E-state index in [2.05, 4.69) is 4.98 Å². The van der Waals surface area contributed by atoms with Crippen LogP contribution in [-0.4, -0.2) is 46.7 Å². The van der Waals surface area contributed by atoms with E-state index in [0.717, 1.165) is 6.54 Å². The first-order chi connectivity index (χ1) is 8.37. The highest BCUT2D eigenvalue weighted by atomic mass is 19.4. The Hall–Kier alpha value is -1.57. The molecule has 1 aromatic rings. The Morgan fingerprint density at radius 1 is 1.50 bits per heavy atom. The zero-order valence-electron chi connectivity index (χ0n) is 9.79. The molecule has 0 saturated carbocycles. The number of halogens is 3. The summed E-state index contributed by atoms with van der Waals surface area (Å²) in [7, 11) is 1.88. The van der Waals surface area contributed by atoms with Crippen LogP contribution in [0.4, 0.5) is 13.2 Å². The summed E-state index contributed by atoms with van der Waals surface area (Å²) in [6.07, 6.45) is -2.92. The van der Waals surface area contributed by atoms with Crippen molar-refractivity contribution < 1.29 is 18.0 Å². The van der Waals surface area contributed by atoms with Crippen LogP contribution in [-0.2, 0) is 13.1 Å². The molecule has 8 heteroatoms. The van der Waals surface area contributed by atoms with Gasteiger partial charge in [0.25, 0.3) is 5.91 Å². The molecule has 0 radical (unpaired) electrons. The smallest absolute Gasteiger partial charge is 0.342 e. The zero-order valence-corrected chi connectivity index (χ0v) is 9.79. The molecule has 0 atom stereocenters. The molecule has 0 aromatic carbocycles. The van der Waals surface area contributed by atoms with Crippen molar-refractivity contribution in [3.05, 3.63) is 17.7 Å². The number of amides is 1. The second-order valence-corrected chi connectivity index (χ2v) is 4.27. The summed E-state index contributed by atoms with van der Waals surface area (Å²) in [6.45, 7) is 0.682. The number of imidazole rings is 1. The number of fused-ring (bicyclic) bond motifs is 1. The number of rotatable bonds is 2. The number of hydrogen-bond donors (Lipinski definition) is 1. The lowest BCUT2D eigenvalue weighted by Gasteiger charge is -2.24. The van der Waals surface area contributed by atoms with Gasteiger partial charge >= 0.3 is 6.18 Å². The Balaban J connectivity index is 2.10. The fraction of sp³-hybridized carbons (Fsp3) is 0.600. The van der Waals surface area contributed by atoms with Crippen LogP contribution in [0, 0.1) is 0 Å². The summed E-state index contributed by atoms with van der Waals surface area (Å²) in [4.78, 5) is 17.5. The molecule has 0 unspecified atom stereocenters. The van der Waals surface area contributed by atoms with E-state index in [1.165, 1.54) is 6.33 Å². The van der Waals surface area contributed by atoms with Gasteiger partial charge in [0, 0.05) is 19.6 Å². The highest BCUT2D eigenvalue weighted by Crippen LogP contribution is 2.16. The molecule has 1 amide bonds. The SMILES string of the molecule is CN1CCn2cnc(C(=O)NCC(F)(F)F)c2C1. The fourth-order valence-corrected chi connectivity index (χ4v) is 1.83. The molecule has 1 aliphatic rings. The molecule has 0 saturated heterocycles. The van der Waals surface area contributed by atoms with Crippen LogP contribution in [0.3, 0.4) is 0 Å². The molecule has 18 heavy (non-hydrogen) atoms. The van der Waals surface area contributed by atoms with E-state index in [1.54, 1.807) is 4.57 Å². The first kappa shape index (κ1) is 12.9. The van der Waals surface area contributed by atoms with Crippen molar-refractivity contribution in [3.63, 3.8) is 0 Å². The molecule has 5 nitrogen and oxygen atoms in total. The maximum Gasteiger partial charge on any atom is 0.405 e. The van der Waals surface area contributed by atoms with Gasteiger partial charge in [0.1, 0.15) is 6.54 Å². The monoisotopic (exact) mass is 262 g/mol. The molecule has 1 N–H and O–H groups in total. The number of likely N-dealkylation sites (N-methyl/N-ethyl adjacent to an activating group) is 1. The van der Waals surface area contributed by atoms with Crippen LogP contribution in [0.5, 0.6) is 0 Å². The largest absolute Gasteiger partial charge is 0.405 e. The Morgan fingerprint density at radius 2 is 2.22 bits per heavy atom. The van der Waals surface area contributed by atoms with Crippen molar-refractivity contribution in [2.75, 3.05) is 20.1 Å². The number of nitrogens with one attached hydrogen (secondary N) is 1. The topological polar surface area (TPSA) is 50.2 Å². The van der Waals surface area contributed by atoms with Gasteiger partial charge in [-0.15, -0.1) is 0 Å². The maximum absolute atomic E-state index is 12.0. The third-order valence-electron chi connectivity index (χ3n) is 2.75. The van der Waals surface area contributed by atoms with E-state index in [9.17, 15) is 18.0 Å². The number of carbonyl (C=O) groups is 1. The lowest BCUT2D eigenvalue weighted by Crippen LogP contribution is -2.36. The lowest BCUT2D eigenvalue weighted by atomic mass is 10.2. The van der Waals surface area contributed by atoms with Gasteiger partial charge in [-0.05, 0) is 7.05 Å². The molecule has 2 heterocycles. The molecule has 0 fully saturated rings. The normalized spacial score (nSPS) is 16.4. The highest BCUT2D eigenvalue weighted by Gasteiger charge is 2.29. The second-order valence-electron chi connectivity index (χ2n) is 4.27. The van der Waals surface area contributed by atoms with Crippen molar-refractivity contribution >= 4 is 5.91 Å². The standard InChI is InChI=1S/C10H13F3N4O/c1-16-2-3-17-6-15-8(7(17)4-16)9(18)14-5-10(11,12)13/h6H,2-5H2,1H3,(H,14,18). The minimum atomic E-state index is -4.41. The average Bonchev–Trinajstić information content (AvgIpc) is 2.67. The van der Waals surface area contributed by atoms with Crippen LogP contribution in [0.15, 0.2) is 6.33 Å². The summed E-state index contributed by atoms with van der Waals surface area (Å²) < 4.78 is 37.8. The minimum absolute atomic E-state index is 0.0748. The molecule has 0 aliphatic carbocycles. The molecule has 1 aromatic heterocycles. The van der Waals surface area contributed by atoms with Crippen LogP contribution >= 0.6 is 0 Å². The van der Waals surface area contributed by atoms with E-state index in [4.69, 9.17) is 0 Å². The van der Waals surface area contributed by atoms with E-state index < -0.39 is 18.6 Å². The number of alkyl halides is 3. The van der Waals surface area contributed by atoms with Crippen molar-refractivity contribution in [3.8, 4) is 0 Å². The van der Waals surface area contributed by atoms with Crippen molar-refractivity contribution in [2.24, 2.45) is 0 Å². The summed E-state index contributed by atoms with van der Waals surface area (Å²) in [5, 5.41) is 1.83. The van der Waals surface area contributed by atoms with Crippen molar-refractivity contribution in [1.82, 2.24) is 19.8 Å². The summed E-state index contributed by atoms with van der Waals surface area (Å²) >= 11 is 0. The highest BCUT2D eigenvalue weighted by molar-refractivity contribution is 5.93. The third-order valence-corrected chi connectivity index (χ3v) is 2.75. The molecular formula is C10H13F3N4O. The van der Waals surface area contributed by atoms with E-state index in [-0.39, 0.29) is 5.69 Å². The molecule has 2 rings (SSSR count). The number of carbonyl (C=O) groups excluding carboxylic acids is 1. The number of hydrogen-bond acceptors (Lipinski definition) is 3. The Morgan fingerprint density at radius 3 is 2.89 bits per heavy atom. The van der Waals surface area contributed by atoms with Crippen LogP contribution in [0.1, 0.15) is 16.2 Å². The number of aromatic nitrogens is 2. The van der Waals surface area contributed by atoms with Gasteiger partial charge in [0.15, 0.2) is 5.69 Å². The van der Waals surface area contributed by atoms with Crippen molar-refractivity contribution in [2.45, 2.75) is 19.3 Å². The summed E-state index contributed by atoms with van der Waals surface area (Å²) in [6, 6.07) is 0. The van der Waals surface area contributed by atoms with E-state index >= 15 is 0 Å². The van der Waals surface area contributed by atoms with Gasteiger partial charge in [-0.3, -0.25) is 9.69 Å². The van der Waals surface area contributed by atoms with Gasteiger partial charge in [0.05, 0.1) is 12.0 Å². The van der Waals surface area contributed by atoms with Gasteiger partial charge < -0.3 is 9.88 Å². The average molecular weight is 262 g/mol. The predicted octanol–water partition coefficient (Wildman–Crippen LogP) is 0.621. The van der Waals surface area contributed by atoms with Gasteiger partial charge in [-0.2, -0.15) is 13.2 Å². The van der Waals surface area contributed by atoms with Crippen LogP contribution in [0.2, 0.25) is 0 Å². The lowest BCUT2D eigenvalue weighted by molar-refractivity contribution is -0.123. The predicted molar refractivity (Wildman–Crippen MR) is 56.9 cm³/mol. The summed E-state index contributed by atoms with van der Waals surface area (Å²) in [5.41, 5.74) is 0.731. The molecule has 0 spiro atoms.